The zero-order chi connectivity index (χ0) is 14.0. The maximum atomic E-state index is 11.3. The lowest BCUT2D eigenvalue weighted by Gasteiger charge is -2.05. The third-order valence-electron chi connectivity index (χ3n) is 2.77. The summed E-state index contributed by atoms with van der Waals surface area (Å²) in [6.07, 6.45) is 1.72. The minimum Gasteiger partial charge on any atom is -0.507 e. The van der Waals surface area contributed by atoms with E-state index in [2.05, 4.69) is 0 Å². The van der Waals surface area contributed by atoms with Crippen LogP contribution in [-0.4, -0.2) is 26.1 Å². The molecular weight excluding hydrogens is 264 g/mol. The highest BCUT2D eigenvalue weighted by atomic mass is 32.2. The average molecular weight is 276 g/mol. The number of phenols is 1. The fourth-order valence-corrected chi connectivity index (χ4v) is 2.35. The molecule has 0 atom stereocenters. The smallest absolute Gasteiger partial charge is 0.175 e. The van der Waals surface area contributed by atoms with E-state index in [9.17, 15) is 18.3 Å². The van der Waals surface area contributed by atoms with Gasteiger partial charge in [-0.1, -0.05) is 18.2 Å². The van der Waals surface area contributed by atoms with Gasteiger partial charge in [0.2, 0.25) is 0 Å². The standard InChI is InChI=1S/C14H12O4S/c1-19(17,18)13-6-4-10(5-7-13)11-2-3-12(9-15)14(16)8-11/h2-9,16H,1H3. The molecule has 0 radical (unpaired) electrons. The van der Waals surface area contributed by atoms with Crippen molar-refractivity contribution in [3.05, 3.63) is 48.0 Å². The minimum absolute atomic E-state index is 0.0975. The predicted molar refractivity (Wildman–Crippen MR) is 72.0 cm³/mol. The largest absolute Gasteiger partial charge is 0.507 e. The molecule has 0 saturated heterocycles. The number of benzene rings is 2. The molecule has 0 unspecified atom stereocenters. The van der Waals surface area contributed by atoms with E-state index >= 15 is 0 Å². The van der Waals surface area contributed by atoms with Crippen molar-refractivity contribution in [2.45, 2.75) is 4.90 Å². The van der Waals surface area contributed by atoms with Crippen molar-refractivity contribution < 1.29 is 18.3 Å². The lowest BCUT2D eigenvalue weighted by Crippen LogP contribution is -1.96. The Morgan fingerprint density at radius 1 is 1.00 bits per heavy atom. The highest BCUT2D eigenvalue weighted by Gasteiger charge is 2.08. The predicted octanol–water partition coefficient (Wildman–Crippen LogP) is 2.28. The molecule has 19 heavy (non-hydrogen) atoms. The first-order valence-corrected chi connectivity index (χ1v) is 7.39. The lowest BCUT2D eigenvalue weighted by atomic mass is 10.0. The Labute approximate surface area is 111 Å². The molecular formula is C14H12O4S. The first-order chi connectivity index (χ1) is 8.91. The summed E-state index contributed by atoms with van der Waals surface area (Å²) in [5, 5.41) is 9.61. The summed E-state index contributed by atoms with van der Waals surface area (Å²) in [6.45, 7) is 0. The summed E-state index contributed by atoms with van der Waals surface area (Å²) in [6, 6.07) is 11.0. The molecule has 0 saturated carbocycles. The van der Waals surface area contributed by atoms with Gasteiger partial charge in [-0.3, -0.25) is 4.79 Å². The molecule has 0 aliphatic heterocycles. The summed E-state index contributed by atoms with van der Waals surface area (Å²) in [5.74, 6) is -0.0975. The van der Waals surface area contributed by atoms with Crippen molar-refractivity contribution in [2.24, 2.45) is 0 Å². The van der Waals surface area contributed by atoms with Gasteiger partial charge >= 0.3 is 0 Å². The second-order valence-electron chi connectivity index (χ2n) is 4.19. The molecule has 98 valence electrons. The van der Waals surface area contributed by atoms with Crippen molar-refractivity contribution in [1.82, 2.24) is 0 Å². The molecule has 2 aromatic rings. The Balaban J connectivity index is 2.43. The van der Waals surface area contributed by atoms with Crippen molar-refractivity contribution in [3.8, 4) is 16.9 Å². The molecule has 0 aliphatic carbocycles. The van der Waals surface area contributed by atoms with E-state index in [1.54, 1.807) is 18.2 Å². The zero-order valence-corrected chi connectivity index (χ0v) is 11.0. The van der Waals surface area contributed by atoms with E-state index < -0.39 is 9.84 Å². The van der Waals surface area contributed by atoms with Crippen LogP contribution >= 0.6 is 0 Å². The van der Waals surface area contributed by atoms with Crippen LogP contribution in [0.15, 0.2) is 47.4 Å². The molecule has 1 N–H and O–H groups in total. The van der Waals surface area contributed by atoms with Gasteiger partial charge in [0.15, 0.2) is 16.1 Å². The number of carbonyl (C=O) groups is 1. The highest BCUT2D eigenvalue weighted by molar-refractivity contribution is 7.90. The van der Waals surface area contributed by atoms with E-state index in [0.717, 1.165) is 11.8 Å². The number of hydrogen-bond acceptors (Lipinski definition) is 4. The molecule has 0 spiro atoms. The Morgan fingerprint density at radius 3 is 2.05 bits per heavy atom. The van der Waals surface area contributed by atoms with Gasteiger partial charge in [0.25, 0.3) is 0 Å². The second kappa shape index (κ2) is 4.85. The van der Waals surface area contributed by atoms with Crippen LogP contribution in [0, 0.1) is 0 Å². The minimum atomic E-state index is -3.22. The molecule has 2 aromatic carbocycles. The number of aromatic hydroxyl groups is 1. The monoisotopic (exact) mass is 276 g/mol. The van der Waals surface area contributed by atoms with Crippen molar-refractivity contribution in [1.29, 1.82) is 0 Å². The number of carbonyl (C=O) groups excluding carboxylic acids is 1. The number of sulfone groups is 1. The molecule has 5 heteroatoms. The summed E-state index contributed by atoms with van der Waals surface area (Å²) in [7, 11) is -3.22. The molecule has 4 nitrogen and oxygen atoms in total. The van der Waals surface area contributed by atoms with Crippen LogP contribution in [0.2, 0.25) is 0 Å². The van der Waals surface area contributed by atoms with Crippen molar-refractivity contribution in [3.63, 3.8) is 0 Å². The van der Waals surface area contributed by atoms with E-state index in [1.165, 1.54) is 24.3 Å². The summed E-state index contributed by atoms with van der Waals surface area (Å²) in [5.41, 5.74) is 1.69. The van der Waals surface area contributed by atoms with Crippen LogP contribution in [0.1, 0.15) is 10.4 Å². The maximum Gasteiger partial charge on any atom is 0.175 e. The van der Waals surface area contributed by atoms with Crippen LogP contribution in [0.5, 0.6) is 5.75 Å². The quantitative estimate of drug-likeness (QED) is 0.873. The highest BCUT2D eigenvalue weighted by Crippen LogP contribution is 2.26. The number of hydrogen-bond donors (Lipinski definition) is 1. The van der Waals surface area contributed by atoms with Gasteiger partial charge in [0.05, 0.1) is 10.5 Å². The second-order valence-corrected chi connectivity index (χ2v) is 6.20. The molecule has 0 aliphatic rings. The molecule has 0 aromatic heterocycles. The number of rotatable bonds is 3. The van der Waals surface area contributed by atoms with E-state index in [0.29, 0.717) is 11.8 Å². The first-order valence-electron chi connectivity index (χ1n) is 5.50. The van der Waals surface area contributed by atoms with Crippen LogP contribution in [-0.2, 0) is 9.84 Å². The lowest BCUT2D eigenvalue weighted by molar-refractivity contribution is 0.112. The van der Waals surface area contributed by atoms with E-state index in [-0.39, 0.29) is 16.2 Å². The Kier molecular flexibility index (Phi) is 3.40. The Bertz CT molecular complexity index is 716. The average Bonchev–Trinajstić information content (AvgIpc) is 2.38. The number of aldehydes is 1. The Morgan fingerprint density at radius 2 is 1.58 bits per heavy atom. The summed E-state index contributed by atoms with van der Waals surface area (Å²) in [4.78, 5) is 10.8. The number of phenolic OH excluding ortho intramolecular Hbond substituents is 1. The first kappa shape index (κ1) is 13.3. The fraction of sp³-hybridized carbons (Fsp3) is 0.0714. The summed E-state index contributed by atoms with van der Waals surface area (Å²) < 4.78 is 22.7. The molecule has 2 rings (SSSR count). The van der Waals surface area contributed by atoms with Gasteiger partial charge in [-0.15, -0.1) is 0 Å². The van der Waals surface area contributed by atoms with Crippen LogP contribution in [0.25, 0.3) is 11.1 Å². The van der Waals surface area contributed by atoms with Gasteiger partial charge in [0, 0.05) is 6.26 Å². The SMILES string of the molecule is CS(=O)(=O)c1ccc(-c2ccc(C=O)c(O)c2)cc1. The molecule has 0 heterocycles. The van der Waals surface area contributed by atoms with Gasteiger partial charge in [-0.25, -0.2) is 8.42 Å². The van der Waals surface area contributed by atoms with Gasteiger partial charge in [-0.2, -0.15) is 0 Å². The van der Waals surface area contributed by atoms with Gasteiger partial charge in [-0.05, 0) is 35.4 Å². The summed E-state index contributed by atoms with van der Waals surface area (Å²) >= 11 is 0. The molecule has 0 fully saturated rings. The third-order valence-corrected chi connectivity index (χ3v) is 3.90. The molecule has 0 amide bonds. The normalized spacial score (nSPS) is 11.2. The van der Waals surface area contributed by atoms with Crippen LogP contribution in [0.3, 0.4) is 0 Å². The van der Waals surface area contributed by atoms with Gasteiger partial charge in [0.1, 0.15) is 5.75 Å². The van der Waals surface area contributed by atoms with Crippen LogP contribution in [0.4, 0.5) is 0 Å². The van der Waals surface area contributed by atoms with Crippen molar-refractivity contribution >= 4 is 16.1 Å². The third kappa shape index (κ3) is 2.82. The maximum absolute atomic E-state index is 11.3. The van der Waals surface area contributed by atoms with E-state index in [1.807, 2.05) is 0 Å². The fourth-order valence-electron chi connectivity index (χ4n) is 1.72. The Hall–Kier alpha value is -2.14. The van der Waals surface area contributed by atoms with Crippen LogP contribution < -0.4 is 0 Å². The molecule has 0 bridgehead atoms. The van der Waals surface area contributed by atoms with Crippen molar-refractivity contribution in [2.75, 3.05) is 6.26 Å². The van der Waals surface area contributed by atoms with Gasteiger partial charge < -0.3 is 5.11 Å². The topological polar surface area (TPSA) is 71.4 Å². The zero-order valence-electron chi connectivity index (χ0n) is 10.2. The van der Waals surface area contributed by atoms with E-state index in [4.69, 9.17) is 0 Å².